The number of ether oxygens (including phenoxy) is 3. The molecule has 0 aromatic heterocycles. The molecule has 0 unspecified atom stereocenters. The van der Waals surface area contributed by atoms with Gasteiger partial charge in [0.2, 0.25) is 12.0 Å². The fourth-order valence-electron chi connectivity index (χ4n) is 7.53. The van der Waals surface area contributed by atoms with E-state index in [4.69, 9.17) is 14.2 Å². The molecule has 0 bridgehead atoms. The number of aliphatic hydroxyl groups is 1. The topological polar surface area (TPSA) is 106 Å². The van der Waals surface area contributed by atoms with Gasteiger partial charge in [-0.15, -0.1) is 0 Å². The Bertz CT molecular complexity index is 1090. The Morgan fingerprint density at radius 2 is 2.03 bits per heavy atom. The van der Waals surface area contributed by atoms with Crippen molar-refractivity contribution in [3.05, 3.63) is 35.9 Å². The summed E-state index contributed by atoms with van der Waals surface area (Å²) in [5, 5.41) is 12.4. The number of methoxy groups -OCH3 is 2. The van der Waals surface area contributed by atoms with E-state index in [0.29, 0.717) is 43.8 Å². The van der Waals surface area contributed by atoms with Gasteiger partial charge in [0.1, 0.15) is 5.75 Å². The highest BCUT2D eigenvalue weighted by Crippen LogP contribution is 2.67. The minimum Gasteiger partial charge on any atom is -0.497 e. The van der Waals surface area contributed by atoms with Crippen molar-refractivity contribution >= 4 is 24.0 Å². The third kappa shape index (κ3) is 2.49. The van der Waals surface area contributed by atoms with Crippen molar-refractivity contribution < 1.29 is 33.7 Å². The Kier molecular flexibility index (Phi) is 5.07. The Labute approximate surface area is 198 Å². The zero-order valence-electron chi connectivity index (χ0n) is 19.8. The summed E-state index contributed by atoms with van der Waals surface area (Å²) in [4.78, 5) is 42.2. The van der Waals surface area contributed by atoms with Crippen LogP contribution in [0.1, 0.15) is 32.3 Å². The molecule has 34 heavy (non-hydrogen) atoms. The van der Waals surface area contributed by atoms with E-state index in [1.54, 1.807) is 13.2 Å². The van der Waals surface area contributed by atoms with E-state index in [-0.39, 0.29) is 6.04 Å². The van der Waals surface area contributed by atoms with Gasteiger partial charge in [0, 0.05) is 36.4 Å². The summed E-state index contributed by atoms with van der Waals surface area (Å²) in [7, 11) is 2.73. The Balaban J connectivity index is 1.89. The molecule has 1 saturated heterocycles. The first kappa shape index (κ1) is 22.9. The van der Waals surface area contributed by atoms with Gasteiger partial charge in [-0.1, -0.05) is 25.1 Å². The van der Waals surface area contributed by atoms with Crippen molar-refractivity contribution in [2.75, 3.05) is 32.2 Å². The molecule has 4 aliphatic rings. The van der Waals surface area contributed by atoms with E-state index >= 15 is 0 Å². The Hall–Kier alpha value is -2.91. The molecule has 1 aliphatic carbocycles. The van der Waals surface area contributed by atoms with Crippen LogP contribution in [0, 0.1) is 5.41 Å². The maximum Gasteiger partial charge on any atom is 0.344 e. The molecule has 3 heterocycles. The number of carbonyl (C=O) groups is 3. The second-order valence-electron chi connectivity index (χ2n) is 9.66. The molecule has 182 valence electrons. The average Bonchev–Trinajstić information content (AvgIpc) is 3.37. The van der Waals surface area contributed by atoms with Gasteiger partial charge < -0.3 is 24.2 Å². The van der Waals surface area contributed by atoms with E-state index in [0.717, 1.165) is 5.56 Å². The SMILES string of the molecule is CC[C@]12C=CCN3CC[C@@]4(c5ccc(OC)cc5N(C=O)[C@@H]4[C@@](O)(C(=O)OC)[C@@H]1OC(C)=O)[C@@H]32. The summed E-state index contributed by atoms with van der Waals surface area (Å²) in [5.74, 6) is -0.997. The maximum atomic E-state index is 13.5. The predicted molar refractivity (Wildman–Crippen MR) is 121 cm³/mol. The van der Waals surface area contributed by atoms with Crippen LogP contribution in [-0.2, 0) is 29.3 Å². The lowest BCUT2D eigenvalue weighted by Crippen LogP contribution is -2.81. The van der Waals surface area contributed by atoms with E-state index in [1.165, 1.54) is 18.9 Å². The molecule has 3 aliphatic heterocycles. The zero-order chi connectivity index (χ0) is 24.5. The van der Waals surface area contributed by atoms with Gasteiger partial charge >= 0.3 is 11.9 Å². The fraction of sp³-hybridized carbons (Fsp3) is 0.560. The third-order valence-corrected chi connectivity index (χ3v) is 8.52. The molecule has 1 spiro atoms. The molecular formula is C25H30N2O7. The molecule has 2 fully saturated rings. The molecule has 1 aromatic carbocycles. The fourth-order valence-corrected chi connectivity index (χ4v) is 7.53. The lowest BCUT2D eigenvalue weighted by Gasteiger charge is -2.63. The molecule has 6 atom stereocenters. The second kappa shape index (κ2) is 7.55. The van der Waals surface area contributed by atoms with Crippen molar-refractivity contribution in [2.24, 2.45) is 5.41 Å². The van der Waals surface area contributed by atoms with Gasteiger partial charge in [-0.2, -0.15) is 0 Å². The summed E-state index contributed by atoms with van der Waals surface area (Å²) < 4.78 is 16.4. The molecule has 1 aromatic rings. The normalized spacial score (nSPS) is 37.4. The van der Waals surface area contributed by atoms with Gasteiger partial charge in [0.15, 0.2) is 6.10 Å². The minimum atomic E-state index is -2.31. The second-order valence-corrected chi connectivity index (χ2v) is 9.66. The lowest BCUT2D eigenvalue weighted by atomic mass is 9.47. The van der Waals surface area contributed by atoms with Crippen molar-refractivity contribution in [2.45, 2.75) is 55.9 Å². The molecule has 1 saturated carbocycles. The van der Waals surface area contributed by atoms with Gasteiger partial charge in [0.25, 0.3) is 0 Å². The average molecular weight is 471 g/mol. The zero-order valence-corrected chi connectivity index (χ0v) is 19.8. The number of carbonyl (C=O) groups excluding carboxylic acids is 3. The quantitative estimate of drug-likeness (QED) is 0.388. The molecule has 1 amide bonds. The van der Waals surface area contributed by atoms with Crippen LogP contribution < -0.4 is 9.64 Å². The number of fused-ring (bicyclic) bond motifs is 1. The third-order valence-electron chi connectivity index (χ3n) is 8.52. The summed E-state index contributed by atoms with van der Waals surface area (Å²) in [5.41, 5.74) is -2.53. The van der Waals surface area contributed by atoms with Gasteiger partial charge in [0.05, 0.1) is 25.9 Å². The highest BCUT2D eigenvalue weighted by molar-refractivity contribution is 5.92. The first-order valence-electron chi connectivity index (χ1n) is 11.6. The lowest BCUT2D eigenvalue weighted by molar-refractivity contribution is -0.228. The number of hydrogen-bond acceptors (Lipinski definition) is 8. The summed E-state index contributed by atoms with van der Waals surface area (Å²) in [6.45, 7) is 4.62. The molecule has 1 N–H and O–H groups in total. The van der Waals surface area contributed by atoms with Crippen LogP contribution in [0.4, 0.5) is 5.69 Å². The van der Waals surface area contributed by atoms with Gasteiger partial charge in [-0.05, 0) is 31.0 Å². The maximum absolute atomic E-state index is 13.5. The largest absolute Gasteiger partial charge is 0.497 e. The smallest absolute Gasteiger partial charge is 0.344 e. The number of rotatable bonds is 5. The van der Waals surface area contributed by atoms with Crippen molar-refractivity contribution in [3.63, 3.8) is 0 Å². The summed E-state index contributed by atoms with van der Waals surface area (Å²) in [6.07, 6.45) is 4.50. The molecule has 0 radical (unpaired) electrons. The number of nitrogens with zero attached hydrogens (tertiary/aromatic N) is 2. The van der Waals surface area contributed by atoms with Gasteiger partial charge in [-0.25, -0.2) is 4.79 Å². The molecule has 5 rings (SSSR count). The van der Waals surface area contributed by atoms with Crippen LogP contribution in [0.15, 0.2) is 30.4 Å². The Morgan fingerprint density at radius 1 is 1.26 bits per heavy atom. The summed E-state index contributed by atoms with van der Waals surface area (Å²) >= 11 is 0. The van der Waals surface area contributed by atoms with E-state index in [2.05, 4.69) is 4.90 Å². The van der Waals surface area contributed by atoms with E-state index < -0.39 is 40.5 Å². The number of amides is 1. The molecule has 9 nitrogen and oxygen atoms in total. The van der Waals surface area contributed by atoms with Crippen LogP contribution in [0.25, 0.3) is 0 Å². The van der Waals surface area contributed by atoms with Crippen LogP contribution in [0.5, 0.6) is 5.75 Å². The van der Waals surface area contributed by atoms with Crippen LogP contribution in [0.3, 0.4) is 0 Å². The summed E-state index contributed by atoms with van der Waals surface area (Å²) in [6, 6.07) is 4.27. The molecular weight excluding hydrogens is 440 g/mol. The number of anilines is 1. The standard InChI is InChI=1S/C25H30N2O7/c1-5-23-9-6-11-26-12-10-24(19(23)26)17-8-7-16(32-3)13-18(17)27(14-28)20(24)25(31,22(30)33-4)21(23)34-15(2)29/h6-9,13-14,19-21,31H,5,10-12H2,1-4H3/t19-,20-,21+,23+,24+,25-/m0/s1. The van der Waals surface area contributed by atoms with Crippen LogP contribution in [0.2, 0.25) is 0 Å². The first-order chi connectivity index (χ1) is 16.3. The monoisotopic (exact) mass is 470 g/mol. The molecule has 9 heteroatoms. The number of hydrogen-bond donors (Lipinski definition) is 1. The minimum absolute atomic E-state index is 0.216. The van der Waals surface area contributed by atoms with E-state index in [1.807, 2.05) is 31.2 Å². The first-order valence-corrected chi connectivity index (χ1v) is 11.6. The van der Waals surface area contributed by atoms with E-state index in [9.17, 15) is 19.5 Å². The van der Waals surface area contributed by atoms with Crippen molar-refractivity contribution in [1.29, 1.82) is 0 Å². The van der Waals surface area contributed by atoms with Crippen molar-refractivity contribution in [1.82, 2.24) is 4.90 Å². The highest BCUT2D eigenvalue weighted by atomic mass is 16.6. The predicted octanol–water partition coefficient (Wildman–Crippen LogP) is 1.17. The van der Waals surface area contributed by atoms with Crippen molar-refractivity contribution in [3.8, 4) is 5.75 Å². The van der Waals surface area contributed by atoms with Crippen LogP contribution >= 0.6 is 0 Å². The van der Waals surface area contributed by atoms with Gasteiger partial charge in [-0.3, -0.25) is 14.5 Å². The van der Waals surface area contributed by atoms with Crippen LogP contribution in [-0.4, -0.2) is 79.5 Å². The highest BCUT2D eigenvalue weighted by Gasteiger charge is 2.80. The Morgan fingerprint density at radius 3 is 2.65 bits per heavy atom. The number of benzene rings is 1. The number of esters is 2.